The van der Waals surface area contributed by atoms with Crippen LogP contribution in [-0.4, -0.2) is 13.0 Å². The van der Waals surface area contributed by atoms with E-state index in [1.165, 1.54) is 0 Å². The molecule has 0 aliphatic rings. The quantitative estimate of drug-likeness (QED) is 0.226. The Labute approximate surface area is 231 Å². The maximum absolute atomic E-state index is 13.4. The third kappa shape index (κ3) is 7.19. The highest BCUT2D eigenvalue weighted by Crippen LogP contribution is 2.33. The second-order valence-electron chi connectivity index (χ2n) is 8.45. The number of anilines is 1. The van der Waals surface area contributed by atoms with Gasteiger partial charge in [-0.2, -0.15) is 5.26 Å². The lowest BCUT2D eigenvalue weighted by atomic mass is 10.0. The minimum absolute atomic E-state index is 0.220. The fraction of sp³-hybridized carbons (Fsp3) is 0.133. The summed E-state index contributed by atoms with van der Waals surface area (Å²) in [6.45, 7) is 0.617. The van der Waals surface area contributed by atoms with Gasteiger partial charge in [0.05, 0.1) is 18.7 Å². The van der Waals surface area contributed by atoms with Gasteiger partial charge < -0.3 is 20.1 Å². The number of hydrogen-bond acceptors (Lipinski definition) is 5. The second-order valence-corrected chi connectivity index (χ2v) is 9.32. The first-order chi connectivity index (χ1) is 18.4. The Kier molecular flexibility index (Phi) is 9.10. The maximum atomic E-state index is 13.4. The number of rotatable bonds is 10. The van der Waals surface area contributed by atoms with E-state index in [-0.39, 0.29) is 12.5 Å². The Morgan fingerprint density at radius 3 is 2.26 bits per heavy atom. The Morgan fingerprint density at radius 1 is 0.895 bits per heavy atom. The van der Waals surface area contributed by atoms with Gasteiger partial charge in [-0.1, -0.05) is 59.6 Å². The number of ether oxygens (including phenoxy) is 2. The van der Waals surface area contributed by atoms with Crippen LogP contribution in [0.2, 0.25) is 10.0 Å². The van der Waals surface area contributed by atoms with Crippen LogP contribution in [0.1, 0.15) is 28.3 Å². The zero-order chi connectivity index (χ0) is 26.9. The van der Waals surface area contributed by atoms with Crippen LogP contribution in [0, 0.1) is 11.3 Å². The molecule has 8 heteroatoms. The number of halogens is 2. The van der Waals surface area contributed by atoms with E-state index in [4.69, 9.17) is 37.9 Å². The highest BCUT2D eigenvalue weighted by molar-refractivity contribution is 6.34. The van der Waals surface area contributed by atoms with Gasteiger partial charge in [0.2, 0.25) is 5.91 Å². The van der Waals surface area contributed by atoms with E-state index in [0.717, 1.165) is 11.1 Å². The van der Waals surface area contributed by atoms with Crippen molar-refractivity contribution in [2.75, 3.05) is 12.4 Å². The molecule has 38 heavy (non-hydrogen) atoms. The summed E-state index contributed by atoms with van der Waals surface area (Å²) in [5.41, 5.74) is 3.70. The molecule has 0 bridgehead atoms. The summed E-state index contributed by atoms with van der Waals surface area (Å²) in [6, 6.07) is 28.5. The Morgan fingerprint density at radius 2 is 1.61 bits per heavy atom. The number of carbonyl (C=O) groups excluding carboxylic acids is 1. The molecule has 0 unspecified atom stereocenters. The summed E-state index contributed by atoms with van der Waals surface area (Å²) >= 11 is 12.2. The lowest BCUT2D eigenvalue weighted by Gasteiger charge is -2.21. The van der Waals surface area contributed by atoms with Crippen LogP contribution >= 0.6 is 23.2 Å². The second kappa shape index (κ2) is 12.9. The number of benzene rings is 4. The molecule has 0 aliphatic carbocycles. The number of nitrogens with one attached hydrogen (secondary N) is 2. The van der Waals surface area contributed by atoms with Gasteiger partial charge in [0, 0.05) is 22.3 Å². The van der Waals surface area contributed by atoms with E-state index >= 15 is 0 Å². The molecule has 192 valence electrons. The van der Waals surface area contributed by atoms with Gasteiger partial charge in [-0.3, -0.25) is 4.79 Å². The molecular formula is C30H25Cl2N3O3. The van der Waals surface area contributed by atoms with Gasteiger partial charge in [0.1, 0.15) is 12.6 Å². The third-order valence-corrected chi connectivity index (χ3v) is 6.17. The molecule has 0 radical (unpaired) electrons. The van der Waals surface area contributed by atoms with Crippen LogP contribution in [0.4, 0.5) is 5.69 Å². The van der Waals surface area contributed by atoms with Gasteiger partial charge >= 0.3 is 0 Å². The Balaban J connectivity index is 1.57. The molecule has 4 aromatic carbocycles. The summed E-state index contributed by atoms with van der Waals surface area (Å²) in [6.07, 6.45) is 0. The van der Waals surface area contributed by atoms with Crippen molar-refractivity contribution in [1.82, 2.24) is 5.32 Å². The molecule has 0 spiro atoms. The number of hydrogen-bond donors (Lipinski definition) is 2. The molecular weight excluding hydrogens is 521 g/mol. The van der Waals surface area contributed by atoms with Crippen molar-refractivity contribution in [3.8, 4) is 17.6 Å². The van der Waals surface area contributed by atoms with Crippen LogP contribution in [0.3, 0.4) is 0 Å². The van der Waals surface area contributed by atoms with Gasteiger partial charge in [-0.25, -0.2) is 0 Å². The van der Waals surface area contributed by atoms with Crippen LogP contribution in [-0.2, 0) is 17.9 Å². The molecule has 1 amide bonds. The predicted molar refractivity (Wildman–Crippen MR) is 150 cm³/mol. The molecule has 0 saturated heterocycles. The molecule has 0 aromatic heterocycles. The van der Waals surface area contributed by atoms with Crippen LogP contribution in [0.15, 0.2) is 91.0 Å². The monoisotopic (exact) mass is 545 g/mol. The van der Waals surface area contributed by atoms with Crippen LogP contribution in [0.5, 0.6) is 11.5 Å². The van der Waals surface area contributed by atoms with Crippen molar-refractivity contribution in [1.29, 1.82) is 5.26 Å². The van der Waals surface area contributed by atoms with E-state index in [1.54, 1.807) is 61.7 Å². The molecule has 0 saturated carbocycles. The van der Waals surface area contributed by atoms with Crippen molar-refractivity contribution in [2.45, 2.75) is 19.2 Å². The smallest absolute Gasteiger partial charge is 0.247 e. The fourth-order valence-corrected chi connectivity index (χ4v) is 4.40. The van der Waals surface area contributed by atoms with Crippen molar-refractivity contribution in [3.05, 3.63) is 123 Å². The summed E-state index contributed by atoms with van der Waals surface area (Å²) in [4.78, 5) is 13.4. The summed E-state index contributed by atoms with van der Waals surface area (Å²) in [5, 5.41) is 16.4. The number of amides is 1. The standard InChI is InChI=1S/C30H25Cl2N3O3/c1-37-28-15-23(9-12-27(28)38-19-22-13-24(31)16-25(32)14-22)29(35-26-10-7-20(17-33)8-11-26)30(36)34-18-21-5-3-2-4-6-21/h2-16,29,35H,18-19H2,1H3,(H,34,36)/t29-/m0/s1. The third-order valence-electron chi connectivity index (χ3n) is 5.73. The first kappa shape index (κ1) is 26.9. The van der Waals surface area contributed by atoms with Crippen molar-refractivity contribution in [3.63, 3.8) is 0 Å². The van der Waals surface area contributed by atoms with E-state index < -0.39 is 6.04 Å². The highest BCUT2D eigenvalue weighted by Gasteiger charge is 2.22. The Bertz CT molecular complexity index is 1420. The van der Waals surface area contributed by atoms with Crippen LogP contribution < -0.4 is 20.1 Å². The van der Waals surface area contributed by atoms with Gasteiger partial charge in [-0.05, 0) is 71.3 Å². The largest absolute Gasteiger partial charge is 0.493 e. The molecule has 4 aromatic rings. The summed E-state index contributed by atoms with van der Waals surface area (Å²) in [5.74, 6) is 0.759. The topological polar surface area (TPSA) is 83.4 Å². The average Bonchev–Trinajstić information content (AvgIpc) is 2.94. The number of nitrogens with zero attached hydrogens (tertiary/aromatic N) is 1. The average molecular weight is 546 g/mol. The first-order valence-electron chi connectivity index (χ1n) is 11.8. The van der Waals surface area contributed by atoms with Gasteiger partial charge in [0.15, 0.2) is 11.5 Å². The SMILES string of the molecule is COc1cc([C@H](Nc2ccc(C#N)cc2)C(=O)NCc2ccccc2)ccc1OCc1cc(Cl)cc(Cl)c1. The minimum Gasteiger partial charge on any atom is -0.493 e. The van der Waals surface area contributed by atoms with Crippen molar-refractivity contribution in [2.24, 2.45) is 0 Å². The minimum atomic E-state index is -0.735. The van der Waals surface area contributed by atoms with Crippen molar-refractivity contribution >= 4 is 34.8 Å². The zero-order valence-electron chi connectivity index (χ0n) is 20.6. The molecule has 0 fully saturated rings. The molecule has 2 N–H and O–H groups in total. The fourth-order valence-electron chi connectivity index (χ4n) is 3.83. The number of carbonyl (C=O) groups is 1. The van der Waals surface area contributed by atoms with E-state index in [1.807, 2.05) is 36.4 Å². The first-order valence-corrected chi connectivity index (χ1v) is 12.5. The summed E-state index contributed by atoms with van der Waals surface area (Å²) in [7, 11) is 1.54. The molecule has 0 heterocycles. The van der Waals surface area contributed by atoms with E-state index in [9.17, 15) is 4.79 Å². The normalized spacial score (nSPS) is 11.2. The number of nitriles is 1. The lowest BCUT2D eigenvalue weighted by molar-refractivity contribution is -0.122. The molecule has 6 nitrogen and oxygen atoms in total. The van der Waals surface area contributed by atoms with Crippen LogP contribution in [0.25, 0.3) is 0 Å². The lowest BCUT2D eigenvalue weighted by Crippen LogP contribution is -2.33. The Hall–Kier alpha value is -4.18. The highest BCUT2D eigenvalue weighted by atomic mass is 35.5. The molecule has 0 aliphatic heterocycles. The molecule has 1 atom stereocenters. The van der Waals surface area contributed by atoms with Crippen molar-refractivity contribution < 1.29 is 14.3 Å². The predicted octanol–water partition coefficient (Wildman–Crippen LogP) is 6.92. The van der Waals surface area contributed by atoms with Gasteiger partial charge in [-0.15, -0.1) is 0 Å². The maximum Gasteiger partial charge on any atom is 0.247 e. The zero-order valence-corrected chi connectivity index (χ0v) is 22.1. The van der Waals surface area contributed by atoms with E-state index in [0.29, 0.717) is 44.9 Å². The number of methoxy groups -OCH3 is 1. The summed E-state index contributed by atoms with van der Waals surface area (Å²) < 4.78 is 11.6. The van der Waals surface area contributed by atoms with E-state index in [2.05, 4.69) is 16.7 Å². The van der Waals surface area contributed by atoms with Gasteiger partial charge in [0.25, 0.3) is 0 Å². The molecule has 4 rings (SSSR count).